The molecule has 1 unspecified atom stereocenters. The molecule has 5 heteroatoms. The van der Waals surface area contributed by atoms with Crippen molar-refractivity contribution in [1.82, 2.24) is 10.4 Å². The van der Waals surface area contributed by atoms with E-state index in [2.05, 4.69) is 73.2 Å². The highest BCUT2D eigenvalue weighted by atomic mass is 127. The zero-order valence-electron chi connectivity index (χ0n) is 9.61. The van der Waals surface area contributed by atoms with Crippen LogP contribution in [0.3, 0.4) is 0 Å². The largest absolute Gasteiger partial charge is 0.271 e. The minimum absolute atomic E-state index is 0.0261. The minimum atomic E-state index is 0.0261. The number of aromatic nitrogens is 1. The summed E-state index contributed by atoms with van der Waals surface area (Å²) in [4.78, 5) is 4.37. The van der Waals surface area contributed by atoms with Gasteiger partial charge in [0.1, 0.15) is 0 Å². The van der Waals surface area contributed by atoms with Gasteiger partial charge in [0.05, 0.1) is 11.7 Å². The third kappa shape index (κ3) is 3.74. The van der Waals surface area contributed by atoms with Gasteiger partial charge in [0.25, 0.3) is 0 Å². The molecule has 0 aliphatic carbocycles. The van der Waals surface area contributed by atoms with Crippen molar-refractivity contribution >= 4 is 38.5 Å². The lowest BCUT2D eigenvalue weighted by Crippen LogP contribution is -2.30. The number of hydrogen-bond acceptors (Lipinski definition) is 3. The van der Waals surface area contributed by atoms with Gasteiger partial charge in [-0.2, -0.15) is 0 Å². The summed E-state index contributed by atoms with van der Waals surface area (Å²) < 4.78 is 2.20. The first-order valence-electron chi connectivity index (χ1n) is 5.51. The minimum Gasteiger partial charge on any atom is -0.271 e. The molecule has 0 amide bonds. The standard InChI is InChI=1S/C13H13BrIN3/c14-10-3-6-12(17-8-10)13(18-16)7-9-1-4-11(15)5-2-9/h1-6,8,13,18H,7,16H2. The van der Waals surface area contributed by atoms with Crippen molar-refractivity contribution in [1.29, 1.82) is 0 Å². The summed E-state index contributed by atoms with van der Waals surface area (Å²) >= 11 is 5.67. The van der Waals surface area contributed by atoms with Gasteiger partial charge in [0.15, 0.2) is 0 Å². The number of benzene rings is 1. The molecule has 1 atom stereocenters. The van der Waals surface area contributed by atoms with E-state index in [0.29, 0.717) is 0 Å². The number of halogens is 2. The maximum absolute atomic E-state index is 5.62. The third-order valence-electron chi connectivity index (χ3n) is 2.66. The Kier molecular flexibility index (Phi) is 5.11. The van der Waals surface area contributed by atoms with Crippen LogP contribution in [-0.2, 0) is 6.42 Å². The summed E-state index contributed by atoms with van der Waals surface area (Å²) in [5, 5.41) is 0. The number of hydrogen-bond donors (Lipinski definition) is 2. The average Bonchev–Trinajstić information content (AvgIpc) is 2.39. The van der Waals surface area contributed by atoms with Crippen LogP contribution >= 0.6 is 38.5 Å². The Morgan fingerprint density at radius 2 is 1.94 bits per heavy atom. The molecule has 1 heterocycles. The molecule has 0 aliphatic heterocycles. The van der Waals surface area contributed by atoms with Gasteiger partial charge in [-0.3, -0.25) is 16.3 Å². The van der Waals surface area contributed by atoms with Crippen LogP contribution in [-0.4, -0.2) is 4.98 Å². The van der Waals surface area contributed by atoms with E-state index < -0.39 is 0 Å². The predicted molar refractivity (Wildman–Crippen MR) is 84.9 cm³/mol. The summed E-state index contributed by atoms with van der Waals surface area (Å²) in [5.74, 6) is 5.62. The molecule has 18 heavy (non-hydrogen) atoms. The number of nitrogens with zero attached hydrogens (tertiary/aromatic N) is 1. The third-order valence-corrected chi connectivity index (χ3v) is 3.85. The molecule has 3 nitrogen and oxygen atoms in total. The second kappa shape index (κ2) is 6.60. The van der Waals surface area contributed by atoms with Gasteiger partial charge in [-0.25, -0.2) is 0 Å². The molecule has 2 rings (SSSR count). The SMILES string of the molecule is NNC(Cc1ccc(I)cc1)c1ccc(Br)cn1. The molecule has 0 bridgehead atoms. The van der Waals surface area contributed by atoms with Gasteiger partial charge < -0.3 is 0 Å². The molecule has 94 valence electrons. The highest BCUT2D eigenvalue weighted by Gasteiger charge is 2.11. The van der Waals surface area contributed by atoms with E-state index in [1.165, 1.54) is 9.13 Å². The summed E-state index contributed by atoms with van der Waals surface area (Å²) in [6.45, 7) is 0. The lowest BCUT2D eigenvalue weighted by atomic mass is 10.0. The smallest absolute Gasteiger partial charge is 0.0672 e. The van der Waals surface area contributed by atoms with Gasteiger partial charge in [-0.05, 0) is 74.8 Å². The van der Waals surface area contributed by atoms with Crippen LogP contribution in [0.1, 0.15) is 17.3 Å². The first kappa shape index (κ1) is 13.9. The van der Waals surface area contributed by atoms with Crippen molar-refractivity contribution in [3.05, 3.63) is 61.9 Å². The van der Waals surface area contributed by atoms with Gasteiger partial charge in [-0.1, -0.05) is 12.1 Å². The first-order chi connectivity index (χ1) is 8.69. The van der Waals surface area contributed by atoms with E-state index in [-0.39, 0.29) is 6.04 Å². The second-order valence-electron chi connectivity index (χ2n) is 3.95. The summed E-state index contributed by atoms with van der Waals surface area (Å²) in [5.41, 5.74) is 5.00. The van der Waals surface area contributed by atoms with E-state index in [0.717, 1.165) is 16.6 Å². The molecule has 0 saturated heterocycles. The Morgan fingerprint density at radius 3 is 2.50 bits per heavy atom. The lowest BCUT2D eigenvalue weighted by Gasteiger charge is -2.15. The number of rotatable bonds is 4. The van der Waals surface area contributed by atoms with Crippen molar-refractivity contribution in [3.8, 4) is 0 Å². The number of nitrogens with two attached hydrogens (primary N) is 1. The monoisotopic (exact) mass is 417 g/mol. The van der Waals surface area contributed by atoms with Gasteiger partial charge in [0.2, 0.25) is 0 Å². The van der Waals surface area contributed by atoms with Gasteiger partial charge in [-0.15, -0.1) is 0 Å². The highest BCUT2D eigenvalue weighted by molar-refractivity contribution is 14.1. The zero-order chi connectivity index (χ0) is 13.0. The molecule has 0 radical (unpaired) electrons. The fourth-order valence-electron chi connectivity index (χ4n) is 1.70. The van der Waals surface area contributed by atoms with Gasteiger partial charge >= 0.3 is 0 Å². The molecule has 0 fully saturated rings. The van der Waals surface area contributed by atoms with Crippen LogP contribution in [0, 0.1) is 3.57 Å². The summed E-state index contributed by atoms with van der Waals surface area (Å²) in [6, 6.07) is 12.4. The molecule has 0 saturated carbocycles. The Labute approximate surface area is 128 Å². The van der Waals surface area contributed by atoms with Crippen LogP contribution in [0.2, 0.25) is 0 Å². The Balaban J connectivity index is 2.14. The van der Waals surface area contributed by atoms with Crippen molar-refractivity contribution in [3.63, 3.8) is 0 Å². The van der Waals surface area contributed by atoms with Crippen molar-refractivity contribution < 1.29 is 0 Å². The van der Waals surface area contributed by atoms with Crippen LogP contribution in [0.25, 0.3) is 0 Å². The second-order valence-corrected chi connectivity index (χ2v) is 6.11. The fourth-order valence-corrected chi connectivity index (χ4v) is 2.29. The molecular formula is C13H13BrIN3. The maximum atomic E-state index is 5.62. The Bertz CT molecular complexity index is 499. The fraction of sp³-hybridized carbons (Fsp3) is 0.154. The van der Waals surface area contributed by atoms with E-state index in [4.69, 9.17) is 5.84 Å². The quantitative estimate of drug-likeness (QED) is 0.456. The molecule has 1 aromatic carbocycles. The van der Waals surface area contributed by atoms with E-state index in [1.54, 1.807) is 6.20 Å². The van der Waals surface area contributed by atoms with Crippen LogP contribution < -0.4 is 11.3 Å². The Morgan fingerprint density at radius 1 is 1.22 bits per heavy atom. The zero-order valence-corrected chi connectivity index (χ0v) is 13.3. The van der Waals surface area contributed by atoms with Crippen molar-refractivity contribution in [2.24, 2.45) is 5.84 Å². The molecule has 0 aliphatic rings. The predicted octanol–water partition coefficient (Wildman–Crippen LogP) is 3.20. The van der Waals surface area contributed by atoms with Crippen LogP contribution in [0.15, 0.2) is 47.1 Å². The molecule has 1 aromatic heterocycles. The topological polar surface area (TPSA) is 50.9 Å². The highest BCUT2D eigenvalue weighted by Crippen LogP contribution is 2.18. The number of pyridine rings is 1. The number of hydrazine groups is 1. The molecule has 0 spiro atoms. The summed E-state index contributed by atoms with van der Waals surface area (Å²) in [6.07, 6.45) is 2.61. The van der Waals surface area contributed by atoms with Gasteiger partial charge in [0, 0.05) is 14.2 Å². The molecule has 2 aromatic rings. The van der Waals surface area contributed by atoms with E-state index >= 15 is 0 Å². The first-order valence-corrected chi connectivity index (χ1v) is 7.38. The summed E-state index contributed by atoms with van der Waals surface area (Å²) in [7, 11) is 0. The maximum Gasteiger partial charge on any atom is 0.0672 e. The van der Waals surface area contributed by atoms with Crippen molar-refractivity contribution in [2.75, 3.05) is 0 Å². The average molecular weight is 418 g/mol. The van der Waals surface area contributed by atoms with E-state index in [1.807, 2.05) is 12.1 Å². The van der Waals surface area contributed by atoms with E-state index in [9.17, 15) is 0 Å². The van der Waals surface area contributed by atoms with Crippen molar-refractivity contribution in [2.45, 2.75) is 12.5 Å². The normalized spacial score (nSPS) is 12.4. The van der Waals surface area contributed by atoms with Crippen LogP contribution in [0.5, 0.6) is 0 Å². The molecule has 3 N–H and O–H groups in total. The number of nitrogens with one attached hydrogen (secondary N) is 1. The molecular weight excluding hydrogens is 405 g/mol. The Hall–Kier alpha value is -0.500. The lowest BCUT2D eigenvalue weighted by molar-refractivity contribution is 0.538. The van der Waals surface area contributed by atoms with Crippen LogP contribution in [0.4, 0.5) is 0 Å².